The van der Waals surface area contributed by atoms with Gasteiger partial charge in [-0.1, -0.05) is 23.8 Å². The number of hydrogen-bond acceptors (Lipinski definition) is 6. The first-order valence-corrected chi connectivity index (χ1v) is 10.1. The predicted octanol–water partition coefficient (Wildman–Crippen LogP) is 3.18. The van der Waals surface area contributed by atoms with Gasteiger partial charge in [-0.2, -0.15) is 10.1 Å². The lowest BCUT2D eigenvalue weighted by atomic mass is 10.2. The zero-order valence-electron chi connectivity index (χ0n) is 16.7. The Hall–Kier alpha value is -2.97. The molecule has 1 fully saturated rings. The van der Waals surface area contributed by atoms with E-state index in [2.05, 4.69) is 37.0 Å². The standard InChI is InChI=1S/C21H23ClFN7/c1-15-16(14-26-30(15)20-4-5-25-21(24)27-20)3-2-6-28-7-9-29(10-8-28)19-12-17(22)11-18(23)13-19/h2-5,11-14H,6-10H2,1H3,(H2,24,25,27)/b3-2+. The van der Waals surface area contributed by atoms with Crippen LogP contribution in [-0.2, 0) is 0 Å². The second-order valence-corrected chi connectivity index (χ2v) is 7.62. The molecule has 7 nitrogen and oxygen atoms in total. The van der Waals surface area contributed by atoms with Gasteiger partial charge in [-0.15, -0.1) is 0 Å². The third-order valence-electron chi connectivity index (χ3n) is 5.17. The van der Waals surface area contributed by atoms with Gasteiger partial charge in [0.2, 0.25) is 5.95 Å². The van der Waals surface area contributed by atoms with Gasteiger partial charge in [-0.3, -0.25) is 4.90 Å². The van der Waals surface area contributed by atoms with Crippen LogP contribution in [0.2, 0.25) is 5.02 Å². The molecule has 1 saturated heterocycles. The fourth-order valence-corrected chi connectivity index (χ4v) is 3.75. The van der Waals surface area contributed by atoms with Crippen LogP contribution in [0.1, 0.15) is 11.3 Å². The third-order valence-corrected chi connectivity index (χ3v) is 5.39. The first-order chi connectivity index (χ1) is 14.5. The molecule has 3 aromatic rings. The first-order valence-electron chi connectivity index (χ1n) is 9.73. The van der Waals surface area contributed by atoms with Crippen molar-refractivity contribution in [3.05, 3.63) is 64.8 Å². The summed E-state index contributed by atoms with van der Waals surface area (Å²) in [6.07, 6.45) is 7.64. The maximum absolute atomic E-state index is 13.6. The van der Waals surface area contributed by atoms with E-state index in [9.17, 15) is 4.39 Å². The molecule has 0 bridgehead atoms. The third kappa shape index (κ3) is 4.60. The molecule has 4 rings (SSSR count). The van der Waals surface area contributed by atoms with Gasteiger partial charge in [0.15, 0.2) is 5.82 Å². The number of nitrogens with two attached hydrogens (primary N) is 1. The summed E-state index contributed by atoms with van der Waals surface area (Å²) in [5.41, 5.74) is 8.51. The molecular formula is C21H23ClFN7. The lowest BCUT2D eigenvalue weighted by molar-refractivity contribution is 0.284. The minimum Gasteiger partial charge on any atom is -0.369 e. The molecule has 9 heteroatoms. The number of hydrogen-bond donors (Lipinski definition) is 1. The average Bonchev–Trinajstić information content (AvgIpc) is 3.08. The predicted molar refractivity (Wildman–Crippen MR) is 117 cm³/mol. The number of anilines is 2. The smallest absolute Gasteiger partial charge is 0.221 e. The molecule has 156 valence electrons. The fraction of sp³-hybridized carbons (Fsp3) is 0.286. The lowest BCUT2D eigenvalue weighted by Gasteiger charge is -2.35. The molecule has 3 heterocycles. The van der Waals surface area contributed by atoms with Gasteiger partial charge in [0.1, 0.15) is 5.82 Å². The summed E-state index contributed by atoms with van der Waals surface area (Å²) in [5.74, 6) is 0.566. The summed E-state index contributed by atoms with van der Waals surface area (Å²) in [7, 11) is 0. The number of halogens is 2. The number of benzene rings is 1. The fourth-order valence-electron chi connectivity index (χ4n) is 3.54. The molecule has 0 radical (unpaired) electrons. The van der Waals surface area contributed by atoms with Gasteiger partial charge in [0.25, 0.3) is 0 Å². The van der Waals surface area contributed by atoms with Crippen molar-refractivity contribution in [2.24, 2.45) is 0 Å². The van der Waals surface area contributed by atoms with Crippen molar-refractivity contribution >= 4 is 29.3 Å². The van der Waals surface area contributed by atoms with E-state index in [1.807, 2.05) is 19.2 Å². The molecule has 2 aromatic heterocycles. The highest BCUT2D eigenvalue weighted by Crippen LogP contribution is 2.23. The number of rotatable bonds is 5. The van der Waals surface area contributed by atoms with Crippen LogP contribution in [-0.4, -0.2) is 57.4 Å². The molecule has 0 unspecified atom stereocenters. The highest BCUT2D eigenvalue weighted by atomic mass is 35.5. The highest BCUT2D eigenvalue weighted by molar-refractivity contribution is 6.30. The van der Waals surface area contributed by atoms with E-state index >= 15 is 0 Å². The Balaban J connectivity index is 1.34. The number of aromatic nitrogens is 4. The zero-order chi connectivity index (χ0) is 21.1. The average molecular weight is 428 g/mol. The molecular weight excluding hydrogens is 405 g/mol. The Bertz CT molecular complexity index is 1040. The van der Waals surface area contributed by atoms with E-state index in [4.69, 9.17) is 17.3 Å². The maximum atomic E-state index is 13.6. The summed E-state index contributed by atoms with van der Waals surface area (Å²) < 4.78 is 15.3. The van der Waals surface area contributed by atoms with E-state index in [1.165, 1.54) is 12.1 Å². The minimum atomic E-state index is -0.302. The largest absolute Gasteiger partial charge is 0.369 e. The molecule has 1 aromatic carbocycles. The molecule has 0 spiro atoms. The molecule has 0 saturated carbocycles. The van der Waals surface area contributed by atoms with Crippen LogP contribution in [0.3, 0.4) is 0 Å². The van der Waals surface area contributed by atoms with Gasteiger partial charge in [0, 0.05) is 61.3 Å². The first kappa shape index (κ1) is 20.3. The Labute approximate surface area is 179 Å². The zero-order valence-corrected chi connectivity index (χ0v) is 17.4. The van der Waals surface area contributed by atoms with Crippen LogP contribution in [0.25, 0.3) is 11.9 Å². The van der Waals surface area contributed by atoms with Crippen LogP contribution in [0.5, 0.6) is 0 Å². The highest BCUT2D eigenvalue weighted by Gasteiger charge is 2.17. The van der Waals surface area contributed by atoms with E-state index in [0.717, 1.165) is 49.7 Å². The summed E-state index contributed by atoms with van der Waals surface area (Å²) >= 11 is 5.98. The number of nitrogens with zero attached hydrogens (tertiary/aromatic N) is 6. The van der Waals surface area contributed by atoms with E-state index in [1.54, 1.807) is 16.9 Å². The van der Waals surface area contributed by atoms with Crippen LogP contribution in [0.4, 0.5) is 16.0 Å². The molecule has 1 aliphatic rings. The van der Waals surface area contributed by atoms with Crippen molar-refractivity contribution < 1.29 is 4.39 Å². The van der Waals surface area contributed by atoms with Crippen LogP contribution in [0, 0.1) is 12.7 Å². The van der Waals surface area contributed by atoms with E-state index in [0.29, 0.717) is 10.8 Å². The number of nitrogen functional groups attached to an aromatic ring is 1. The molecule has 0 amide bonds. The van der Waals surface area contributed by atoms with Crippen LogP contribution >= 0.6 is 11.6 Å². The monoisotopic (exact) mass is 427 g/mol. The van der Waals surface area contributed by atoms with Crippen molar-refractivity contribution in [3.8, 4) is 5.82 Å². The SMILES string of the molecule is Cc1c(/C=C/CN2CCN(c3cc(F)cc(Cl)c3)CC2)cnn1-c1ccnc(N)n1. The summed E-state index contributed by atoms with van der Waals surface area (Å²) in [4.78, 5) is 12.6. The van der Waals surface area contributed by atoms with Crippen molar-refractivity contribution in [1.82, 2.24) is 24.6 Å². The topological polar surface area (TPSA) is 76.1 Å². The molecule has 1 aliphatic heterocycles. The van der Waals surface area contributed by atoms with Crippen molar-refractivity contribution in [1.29, 1.82) is 0 Å². The molecule has 0 atom stereocenters. The van der Waals surface area contributed by atoms with E-state index < -0.39 is 0 Å². The van der Waals surface area contributed by atoms with Gasteiger partial charge in [-0.05, 0) is 25.1 Å². The van der Waals surface area contributed by atoms with Crippen molar-refractivity contribution in [2.45, 2.75) is 6.92 Å². The van der Waals surface area contributed by atoms with E-state index in [-0.39, 0.29) is 11.8 Å². The number of piperazine rings is 1. The summed E-state index contributed by atoms with van der Waals surface area (Å²) in [6, 6.07) is 6.45. The molecule has 0 aliphatic carbocycles. The second kappa shape index (κ2) is 8.81. The molecule has 2 N–H and O–H groups in total. The molecule has 30 heavy (non-hydrogen) atoms. The Morgan fingerprint density at radius 2 is 2.00 bits per heavy atom. The van der Waals surface area contributed by atoms with Gasteiger partial charge >= 0.3 is 0 Å². The van der Waals surface area contributed by atoms with Gasteiger partial charge in [0.05, 0.1) is 11.9 Å². The maximum Gasteiger partial charge on any atom is 0.221 e. The van der Waals surface area contributed by atoms with Crippen molar-refractivity contribution in [3.63, 3.8) is 0 Å². The Morgan fingerprint density at radius 1 is 1.20 bits per heavy atom. The minimum absolute atomic E-state index is 0.221. The van der Waals surface area contributed by atoms with Gasteiger partial charge in [-0.25, -0.2) is 14.1 Å². The summed E-state index contributed by atoms with van der Waals surface area (Å²) in [5, 5.41) is 4.83. The van der Waals surface area contributed by atoms with Crippen LogP contribution in [0.15, 0.2) is 42.7 Å². The Morgan fingerprint density at radius 3 is 2.73 bits per heavy atom. The normalized spacial score (nSPS) is 15.2. The van der Waals surface area contributed by atoms with Gasteiger partial charge < -0.3 is 10.6 Å². The second-order valence-electron chi connectivity index (χ2n) is 7.19. The van der Waals surface area contributed by atoms with Crippen molar-refractivity contribution in [2.75, 3.05) is 43.4 Å². The van der Waals surface area contributed by atoms with Crippen LogP contribution < -0.4 is 10.6 Å². The Kier molecular flexibility index (Phi) is 5.96. The lowest BCUT2D eigenvalue weighted by Crippen LogP contribution is -2.46. The quantitative estimate of drug-likeness (QED) is 0.674. The summed E-state index contributed by atoms with van der Waals surface area (Å²) in [6.45, 7) is 6.30.